The molecule has 0 spiro atoms. The molecule has 0 saturated carbocycles. The van der Waals surface area contributed by atoms with Crippen LogP contribution in [0.15, 0.2) is 40.9 Å². The van der Waals surface area contributed by atoms with Gasteiger partial charge in [-0.3, -0.25) is 9.59 Å². The number of amides is 2. The summed E-state index contributed by atoms with van der Waals surface area (Å²) in [6, 6.07) is 10.2. The average Bonchev–Trinajstić information content (AvgIpc) is 2.65. The number of anilines is 1. The van der Waals surface area contributed by atoms with Crippen LogP contribution in [0.4, 0.5) is 5.69 Å². The highest BCUT2D eigenvalue weighted by molar-refractivity contribution is 9.10. The van der Waals surface area contributed by atoms with Gasteiger partial charge in [-0.15, -0.1) is 0 Å². The van der Waals surface area contributed by atoms with Crippen molar-refractivity contribution in [1.29, 1.82) is 0 Å². The molecule has 1 heterocycles. The van der Waals surface area contributed by atoms with Gasteiger partial charge in [0.25, 0.3) is 11.8 Å². The summed E-state index contributed by atoms with van der Waals surface area (Å²) in [5, 5.41) is 0.489. The normalized spacial score (nSPS) is 13.8. The second kappa shape index (κ2) is 4.72. The zero-order chi connectivity index (χ0) is 14.4. The van der Waals surface area contributed by atoms with E-state index < -0.39 is 0 Å². The lowest BCUT2D eigenvalue weighted by molar-refractivity contribution is 0.0926. The Hall–Kier alpha value is -1.65. The Morgan fingerprint density at radius 3 is 2.45 bits per heavy atom. The van der Waals surface area contributed by atoms with Gasteiger partial charge in [0.15, 0.2) is 0 Å². The van der Waals surface area contributed by atoms with Gasteiger partial charge in [-0.2, -0.15) is 0 Å². The zero-order valence-corrected chi connectivity index (χ0v) is 12.8. The second-order valence-electron chi connectivity index (χ2n) is 4.57. The maximum atomic E-state index is 12.5. The monoisotopic (exact) mass is 349 g/mol. The Balaban J connectivity index is 2.16. The summed E-state index contributed by atoms with van der Waals surface area (Å²) in [5.74, 6) is -0.639. The van der Waals surface area contributed by atoms with Gasteiger partial charge < -0.3 is 0 Å². The minimum absolute atomic E-state index is 0.317. The van der Waals surface area contributed by atoms with E-state index in [2.05, 4.69) is 15.9 Å². The maximum absolute atomic E-state index is 12.5. The van der Waals surface area contributed by atoms with Gasteiger partial charge >= 0.3 is 0 Å². The first kappa shape index (κ1) is 13.3. The fourth-order valence-electron chi connectivity index (χ4n) is 2.26. The molecule has 0 aliphatic carbocycles. The summed E-state index contributed by atoms with van der Waals surface area (Å²) in [5.41, 5.74) is 2.17. The van der Waals surface area contributed by atoms with Crippen LogP contribution < -0.4 is 4.90 Å². The van der Waals surface area contributed by atoms with Crippen molar-refractivity contribution < 1.29 is 9.59 Å². The molecule has 2 aromatic carbocycles. The summed E-state index contributed by atoms with van der Waals surface area (Å²) in [4.78, 5) is 26.1. The lowest BCUT2D eigenvalue weighted by Crippen LogP contribution is -2.30. The molecule has 1 aliphatic heterocycles. The summed E-state index contributed by atoms with van der Waals surface area (Å²) in [6.07, 6.45) is 0. The summed E-state index contributed by atoms with van der Waals surface area (Å²) in [7, 11) is 0. The van der Waals surface area contributed by atoms with Crippen molar-refractivity contribution in [3.05, 3.63) is 62.6 Å². The highest BCUT2D eigenvalue weighted by atomic mass is 79.9. The first-order valence-corrected chi connectivity index (χ1v) is 7.10. The van der Waals surface area contributed by atoms with Gasteiger partial charge in [0.2, 0.25) is 0 Å². The first-order valence-electron chi connectivity index (χ1n) is 5.93. The topological polar surface area (TPSA) is 37.4 Å². The van der Waals surface area contributed by atoms with E-state index in [-0.39, 0.29) is 11.8 Å². The number of rotatable bonds is 1. The third-order valence-electron chi connectivity index (χ3n) is 3.26. The van der Waals surface area contributed by atoms with Crippen LogP contribution in [0.1, 0.15) is 26.3 Å². The minimum Gasteiger partial charge on any atom is -0.268 e. The Morgan fingerprint density at radius 2 is 1.70 bits per heavy atom. The molecule has 3 rings (SSSR count). The number of carbonyl (C=O) groups excluding carboxylic acids is 2. The quantitative estimate of drug-likeness (QED) is 0.722. The molecule has 0 N–H and O–H groups in total. The van der Waals surface area contributed by atoms with E-state index in [4.69, 9.17) is 11.6 Å². The number of aryl methyl sites for hydroxylation is 1. The Labute approximate surface area is 129 Å². The van der Waals surface area contributed by atoms with Gasteiger partial charge in [-0.25, -0.2) is 4.90 Å². The molecule has 2 aromatic rings. The molecular weight excluding hydrogens is 342 g/mol. The Bertz CT molecular complexity index is 758. The maximum Gasteiger partial charge on any atom is 0.266 e. The van der Waals surface area contributed by atoms with Crippen molar-refractivity contribution in [3.63, 3.8) is 0 Å². The largest absolute Gasteiger partial charge is 0.268 e. The van der Waals surface area contributed by atoms with Crippen LogP contribution in [0.3, 0.4) is 0 Å². The molecule has 0 saturated heterocycles. The van der Waals surface area contributed by atoms with Crippen molar-refractivity contribution in [2.75, 3.05) is 4.90 Å². The smallest absolute Gasteiger partial charge is 0.266 e. The highest BCUT2D eigenvalue weighted by Gasteiger charge is 2.37. The number of imide groups is 1. The summed E-state index contributed by atoms with van der Waals surface area (Å²) in [6.45, 7) is 1.84. The molecule has 0 bridgehead atoms. The molecule has 0 atom stereocenters. The lowest BCUT2D eigenvalue weighted by atomic mass is 10.1. The van der Waals surface area contributed by atoms with Gasteiger partial charge in [0.1, 0.15) is 0 Å². The highest BCUT2D eigenvalue weighted by Crippen LogP contribution is 2.33. The van der Waals surface area contributed by atoms with Gasteiger partial charge in [0.05, 0.1) is 16.8 Å². The number of hydrogen-bond acceptors (Lipinski definition) is 2. The number of fused-ring (bicyclic) bond motifs is 1. The van der Waals surface area contributed by atoms with Crippen molar-refractivity contribution in [2.45, 2.75) is 6.92 Å². The van der Waals surface area contributed by atoms with E-state index in [1.165, 1.54) is 4.90 Å². The number of halogens is 2. The molecular formula is C15H9BrClNO2. The molecule has 20 heavy (non-hydrogen) atoms. The van der Waals surface area contributed by atoms with Crippen molar-refractivity contribution in [3.8, 4) is 0 Å². The first-order chi connectivity index (χ1) is 9.49. The predicted molar refractivity (Wildman–Crippen MR) is 81.5 cm³/mol. The van der Waals surface area contributed by atoms with E-state index in [9.17, 15) is 9.59 Å². The Kier molecular flexibility index (Phi) is 3.15. The predicted octanol–water partition coefficient (Wildman–Crippen LogP) is 4.21. The van der Waals surface area contributed by atoms with Crippen LogP contribution in [-0.4, -0.2) is 11.8 Å². The molecule has 0 unspecified atom stereocenters. The molecule has 0 fully saturated rings. The lowest BCUT2D eigenvalue weighted by Gasteiger charge is -2.16. The second-order valence-corrected chi connectivity index (χ2v) is 5.92. The molecule has 100 valence electrons. The number of benzene rings is 2. The SMILES string of the molecule is Cc1ccc(Cl)cc1N1C(=O)c2ccc(Br)cc2C1=O. The molecule has 1 aliphatic rings. The zero-order valence-electron chi connectivity index (χ0n) is 10.5. The summed E-state index contributed by atoms with van der Waals surface area (Å²) >= 11 is 9.28. The van der Waals surface area contributed by atoms with Crippen LogP contribution in [0, 0.1) is 6.92 Å². The number of nitrogens with zero attached hydrogens (tertiary/aromatic N) is 1. The van der Waals surface area contributed by atoms with Crippen LogP contribution in [0.2, 0.25) is 5.02 Å². The van der Waals surface area contributed by atoms with Crippen molar-refractivity contribution in [2.24, 2.45) is 0 Å². The fraction of sp³-hybridized carbons (Fsp3) is 0.0667. The van der Waals surface area contributed by atoms with Crippen molar-refractivity contribution >= 4 is 45.0 Å². The van der Waals surface area contributed by atoms with Crippen LogP contribution in [-0.2, 0) is 0 Å². The van der Waals surface area contributed by atoms with Gasteiger partial charge in [0, 0.05) is 9.50 Å². The van der Waals surface area contributed by atoms with Crippen molar-refractivity contribution in [1.82, 2.24) is 0 Å². The fourth-order valence-corrected chi connectivity index (χ4v) is 2.78. The van der Waals surface area contributed by atoms with Crippen LogP contribution in [0.5, 0.6) is 0 Å². The Morgan fingerprint density at radius 1 is 1.00 bits per heavy atom. The molecule has 3 nitrogen and oxygen atoms in total. The van der Waals surface area contributed by atoms with E-state index in [1.54, 1.807) is 36.4 Å². The van der Waals surface area contributed by atoms with E-state index in [0.29, 0.717) is 21.8 Å². The number of hydrogen-bond donors (Lipinski definition) is 0. The van der Waals surface area contributed by atoms with Gasteiger partial charge in [-0.1, -0.05) is 33.6 Å². The van der Waals surface area contributed by atoms with E-state index in [0.717, 1.165) is 10.0 Å². The summed E-state index contributed by atoms with van der Waals surface area (Å²) < 4.78 is 0.766. The van der Waals surface area contributed by atoms with Gasteiger partial charge in [-0.05, 0) is 42.8 Å². The van der Waals surface area contributed by atoms with Crippen LogP contribution in [0.25, 0.3) is 0 Å². The minimum atomic E-state index is -0.323. The van der Waals surface area contributed by atoms with Crippen LogP contribution >= 0.6 is 27.5 Å². The third-order valence-corrected chi connectivity index (χ3v) is 3.99. The standard InChI is InChI=1S/C15H9BrClNO2/c1-8-2-4-10(17)7-13(8)18-14(19)11-5-3-9(16)6-12(11)15(18)20/h2-7H,1H3. The molecule has 5 heteroatoms. The van der Waals surface area contributed by atoms with E-state index >= 15 is 0 Å². The molecule has 2 amide bonds. The van der Waals surface area contributed by atoms with E-state index in [1.807, 2.05) is 6.92 Å². The average molecular weight is 351 g/mol. The molecule has 0 radical (unpaired) electrons. The number of carbonyl (C=O) groups is 2. The molecule has 0 aromatic heterocycles. The third kappa shape index (κ3) is 1.96.